The monoisotopic (exact) mass is 338 g/mol. The number of benzene rings is 1. The average molecular weight is 339 g/mol. The van der Waals surface area contributed by atoms with Crippen LogP contribution in [0.15, 0.2) is 34.2 Å². The molecule has 0 aliphatic carbocycles. The van der Waals surface area contributed by atoms with E-state index in [0.29, 0.717) is 15.2 Å². The topological polar surface area (TPSA) is 91.8 Å². The minimum atomic E-state index is -0.918. The Kier molecular flexibility index (Phi) is 4.19. The van der Waals surface area contributed by atoms with E-state index >= 15 is 0 Å². The summed E-state index contributed by atoms with van der Waals surface area (Å²) >= 11 is 4.45. The third-order valence-corrected chi connectivity index (χ3v) is 3.74. The van der Waals surface area contributed by atoms with Gasteiger partial charge in [-0.2, -0.15) is 5.26 Å². The highest BCUT2D eigenvalue weighted by Gasteiger charge is 2.11. The van der Waals surface area contributed by atoms with Gasteiger partial charge in [0.15, 0.2) is 5.16 Å². The molecule has 0 unspecified atom stereocenters. The summed E-state index contributed by atoms with van der Waals surface area (Å²) in [6.45, 7) is 0. The molecule has 6 nitrogen and oxygen atoms in total. The number of carbonyl (C=O) groups is 1. The van der Waals surface area contributed by atoms with Gasteiger partial charge in [-0.1, -0.05) is 11.8 Å². The highest BCUT2D eigenvalue weighted by atomic mass is 79.9. The van der Waals surface area contributed by atoms with Gasteiger partial charge in [0, 0.05) is 4.47 Å². The molecule has 1 N–H and O–H groups in total. The molecule has 19 heavy (non-hydrogen) atoms. The molecule has 0 saturated heterocycles. The number of aromatic nitrogens is 3. The zero-order valence-electron chi connectivity index (χ0n) is 9.45. The maximum absolute atomic E-state index is 10.6. The minimum absolute atomic E-state index is 0.0907. The number of nitrogens with zero attached hydrogens (tertiary/aromatic N) is 4. The van der Waals surface area contributed by atoms with Crippen molar-refractivity contribution in [3.63, 3.8) is 0 Å². The Morgan fingerprint density at radius 1 is 1.58 bits per heavy atom. The predicted octanol–water partition coefficient (Wildman–Crippen LogP) is 2.08. The number of rotatable bonds is 4. The molecule has 0 spiro atoms. The van der Waals surface area contributed by atoms with Crippen LogP contribution in [-0.2, 0) is 4.79 Å². The minimum Gasteiger partial charge on any atom is -0.481 e. The standard InChI is InChI=1S/C11H7BrN4O2S/c12-8-3-7(4-13)1-2-9(8)16-6-14-15-11(16)19-5-10(17)18/h1-3,6H,5H2,(H,17,18). The first-order valence-corrected chi connectivity index (χ1v) is 6.84. The molecule has 0 atom stereocenters. The van der Waals surface area contributed by atoms with E-state index in [9.17, 15) is 4.79 Å². The summed E-state index contributed by atoms with van der Waals surface area (Å²) in [5.74, 6) is -1.01. The van der Waals surface area contributed by atoms with Crippen molar-refractivity contribution in [2.45, 2.75) is 5.16 Å². The average Bonchev–Trinajstić information content (AvgIpc) is 2.84. The van der Waals surface area contributed by atoms with Crippen LogP contribution in [0.1, 0.15) is 5.56 Å². The summed E-state index contributed by atoms with van der Waals surface area (Å²) in [7, 11) is 0. The van der Waals surface area contributed by atoms with Gasteiger partial charge in [0.2, 0.25) is 0 Å². The Balaban J connectivity index is 2.35. The van der Waals surface area contributed by atoms with Gasteiger partial charge in [-0.3, -0.25) is 9.36 Å². The maximum Gasteiger partial charge on any atom is 0.313 e. The molecule has 0 bridgehead atoms. The number of hydrogen-bond acceptors (Lipinski definition) is 5. The molecule has 0 aliphatic heterocycles. The highest BCUT2D eigenvalue weighted by Crippen LogP contribution is 2.26. The Bertz CT molecular complexity index is 665. The lowest BCUT2D eigenvalue weighted by molar-refractivity contribution is -0.133. The van der Waals surface area contributed by atoms with Gasteiger partial charge < -0.3 is 5.11 Å². The van der Waals surface area contributed by atoms with E-state index in [0.717, 1.165) is 17.4 Å². The molecule has 1 aromatic carbocycles. The number of carboxylic acid groups (broad SMARTS) is 1. The van der Waals surface area contributed by atoms with Crippen LogP contribution in [0.3, 0.4) is 0 Å². The summed E-state index contributed by atoms with van der Waals surface area (Å²) in [6, 6.07) is 7.14. The molecule has 0 amide bonds. The number of aliphatic carboxylic acids is 1. The van der Waals surface area contributed by atoms with Crippen molar-refractivity contribution >= 4 is 33.7 Å². The van der Waals surface area contributed by atoms with Crippen LogP contribution < -0.4 is 0 Å². The van der Waals surface area contributed by atoms with Crippen molar-refractivity contribution < 1.29 is 9.90 Å². The fraction of sp³-hybridized carbons (Fsp3) is 0.0909. The van der Waals surface area contributed by atoms with Gasteiger partial charge in [-0.25, -0.2) is 0 Å². The van der Waals surface area contributed by atoms with E-state index in [4.69, 9.17) is 10.4 Å². The van der Waals surface area contributed by atoms with E-state index < -0.39 is 5.97 Å². The molecule has 0 aliphatic rings. The Morgan fingerprint density at radius 2 is 2.37 bits per heavy atom. The first-order valence-electron chi connectivity index (χ1n) is 5.06. The lowest BCUT2D eigenvalue weighted by Gasteiger charge is -2.07. The molecule has 96 valence electrons. The normalized spacial score (nSPS) is 10.1. The first kappa shape index (κ1) is 13.6. The lowest BCUT2D eigenvalue weighted by atomic mass is 10.2. The van der Waals surface area contributed by atoms with Crippen molar-refractivity contribution in [3.8, 4) is 11.8 Å². The second-order valence-electron chi connectivity index (χ2n) is 3.44. The molecule has 0 fully saturated rings. The summed E-state index contributed by atoms with van der Waals surface area (Å²) in [5, 5.41) is 25.6. The summed E-state index contributed by atoms with van der Waals surface area (Å²) in [4.78, 5) is 10.6. The van der Waals surface area contributed by atoms with Crippen LogP contribution in [0.4, 0.5) is 0 Å². The van der Waals surface area contributed by atoms with Crippen molar-refractivity contribution in [1.29, 1.82) is 5.26 Å². The Labute approximate surface area is 121 Å². The third kappa shape index (κ3) is 3.13. The molecule has 2 aromatic rings. The van der Waals surface area contributed by atoms with Gasteiger partial charge in [-0.15, -0.1) is 10.2 Å². The fourth-order valence-electron chi connectivity index (χ4n) is 1.39. The number of nitriles is 1. The second kappa shape index (κ2) is 5.86. The molecule has 0 saturated carbocycles. The van der Waals surface area contributed by atoms with Crippen LogP contribution >= 0.6 is 27.7 Å². The van der Waals surface area contributed by atoms with Crippen molar-refractivity contribution in [3.05, 3.63) is 34.6 Å². The van der Waals surface area contributed by atoms with Crippen LogP contribution in [0.2, 0.25) is 0 Å². The largest absolute Gasteiger partial charge is 0.481 e. The summed E-state index contributed by atoms with van der Waals surface area (Å²) in [6.07, 6.45) is 1.50. The maximum atomic E-state index is 10.6. The number of thioether (sulfide) groups is 1. The molecule has 8 heteroatoms. The number of halogens is 1. The van der Waals surface area contributed by atoms with Crippen LogP contribution in [0.5, 0.6) is 0 Å². The smallest absolute Gasteiger partial charge is 0.313 e. The molecule has 0 radical (unpaired) electrons. The van der Waals surface area contributed by atoms with Crippen molar-refractivity contribution in [1.82, 2.24) is 14.8 Å². The predicted molar refractivity (Wildman–Crippen MR) is 72.1 cm³/mol. The summed E-state index contributed by atoms with van der Waals surface area (Å²) in [5.41, 5.74) is 1.28. The molecular weight excluding hydrogens is 332 g/mol. The zero-order valence-corrected chi connectivity index (χ0v) is 11.8. The fourth-order valence-corrected chi connectivity index (χ4v) is 2.60. The van der Waals surface area contributed by atoms with Crippen LogP contribution in [-0.4, -0.2) is 31.6 Å². The quantitative estimate of drug-likeness (QED) is 0.858. The van der Waals surface area contributed by atoms with Crippen LogP contribution in [0, 0.1) is 11.3 Å². The van der Waals surface area contributed by atoms with Gasteiger partial charge in [0.05, 0.1) is 23.1 Å². The van der Waals surface area contributed by atoms with Gasteiger partial charge in [0.1, 0.15) is 6.33 Å². The molecule has 1 heterocycles. The Hall–Kier alpha value is -1.85. The van der Waals surface area contributed by atoms with E-state index in [1.807, 2.05) is 6.07 Å². The SMILES string of the molecule is N#Cc1ccc(-n2cnnc2SCC(=O)O)c(Br)c1. The van der Waals surface area contributed by atoms with E-state index in [1.54, 1.807) is 22.8 Å². The first-order chi connectivity index (χ1) is 9.11. The van der Waals surface area contributed by atoms with Gasteiger partial charge in [0.25, 0.3) is 0 Å². The van der Waals surface area contributed by atoms with Crippen LogP contribution in [0.25, 0.3) is 5.69 Å². The zero-order chi connectivity index (χ0) is 13.8. The van der Waals surface area contributed by atoms with E-state index in [1.165, 1.54) is 6.33 Å². The van der Waals surface area contributed by atoms with E-state index in [-0.39, 0.29) is 5.75 Å². The number of hydrogen-bond donors (Lipinski definition) is 1. The number of carboxylic acids is 1. The van der Waals surface area contributed by atoms with Gasteiger partial charge >= 0.3 is 5.97 Å². The van der Waals surface area contributed by atoms with Gasteiger partial charge in [-0.05, 0) is 34.1 Å². The molecule has 2 rings (SSSR count). The molecule has 1 aromatic heterocycles. The lowest BCUT2D eigenvalue weighted by Crippen LogP contribution is -2.02. The highest BCUT2D eigenvalue weighted by molar-refractivity contribution is 9.10. The molecular formula is C11H7BrN4O2S. The second-order valence-corrected chi connectivity index (χ2v) is 5.24. The third-order valence-electron chi connectivity index (χ3n) is 2.18. The van der Waals surface area contributed by atoms with Crippen molar-refractivity contribution in [2.75, 3.05) is 5.75 Å². The van der Waals surface area contributed by atoms with Crippen molar-refractivity contribution in [2.24, 2.45) is 0 Å². The Morgan fingerprint density at radius 3 is 3.00 bits per heavy atom. The summed E-state index contributed by atoms with van der Waals surface area (Å²) < 4.78 is 2.38. The van der Waals surface area contributed by atoms with E-state index in [2.05, 4.69) is 26.1 Å².